The molecule has 0 fully saturated rings. The molecule has 0 bridgehead atoms. The summed E-state index contributed by atoms with van der Waals surface area (Å²) in [5.74, 6) is 1.44. The Bertz CT molecular complexity index is 483. The van der Waals surface area contributed by atoms with Gasteiger partial charge in [-0.1, -0.05) is 11.6 Å². The summed E-state index contributed by atoms with van der Waals surface area (Å²) in [4.78, 5) is 4.14. The van der Waals surface area contributed by atoms with Crippen molar-refractivity contribution < 1.29 is 0 Å². The van der Waals surface area contributed by atoms with Gasteiger partial charge in [0.15, 0.2) is 5.82 Å². The van der Waals surface area contributed by atoms with Crippen molar-refractivity contribution in [3.05, 3.63) is 34.0 Å². The first-order chi connectivity index (χ1) is 7.18. The molecule has 0 amide bonds. The second kappa shape index (κ2) is 4.20. The van der Waals surface area contributed by atoms with Gasteiger partial charge in [0.05, 0.1) is 11.2 Å². The number of hydrogen-bond donors (Lipinski definition) is 1. The highest BCUT2D eigenvalue weighted by Gasteiger charge is 2.07. The predicted molar refractivity (Wildman–Crippen MR) is 63.4 cm³/mol. The molecule has 2 rings (SSSR count). The number of nitrogens with one attached hydrogen (secondary N) is 1. The van der Waals surface area contributed by atoms with Crippen molar-refractivity contribution in [2.75, 3.05) is 5.32 Å². The zero-order valence-electron chi connectivity index (χ0n) is 7.91. The molecule has 15 heavy (non-hydrogen) atoms. The highest BCUT2D eigenvalue weighted by Crippen LogP contribution is 2.29. The lowest BCUT2D eigenvalue weighted by Crippen LogP contribution is -2.01. The lowest BCUT2D eigenvalue weighted by Gasteiger charge is -2.07. The zero-order chi connectivity index (χ0) is 10.8. The van der Waals surface area contributed by atoms with Crippen molar-refractivity contribution in [1.29, 1.82) is 0 Å². The van der Waals surface area contributed by atoms with Gasteiger partial charge in [0.2, 0.25) is 0 Å². The summed E-state index contributed by atoms with van der Waals surface area (Å²) in [6.07, 6.45) is 3.38. The van der Waals surface area contributed by atoms with Gasteiger partial charge in [-0.15, -0.1) is 0 Å². The lowest BCUT2D eigenvalue weighted by molar-refractivity contribution is 0.776. The highest BCUT2D eigenvalue weighted by atomic mass is 79.9. The first kappa shape index (κ1) is 10.4. The van der Waals surface area contributed by atoms with Crippen molar-refractivity contribution in [3.8, 4) is 0 Å². The van der Waals surface area contributed by atoms with Crippen LogP contribution in [-0.4, -0.2) is 14.8 Å². The summed E-state index contributed by atoms with van der Waals surface area (Å²) in [6.45, 7) is 0. The molecule has 2 aromatic heterocycles. The summed E-state index contributed by atoms with van der Waals surface area (Å²) in [5.41, 5.74) is 0. The fourth-order valence-corrected chi connectivity index (χ4v) is 1.59. The fraction of sp³-hybridized carbons (Fsp3) is 0.111. The largest absolute Gasteiger partial charge is 0.324 e. The van der Waals surface area contributed by atoms with E-state index in [1.54, 1.807) is 23.1 Å². The van der Waals surface area contributed by atoms with Crippen LogP contribution in [0.15, 0.2) is 29.0 Å². The molecule has 0 unspecified atom stereocenters. The van der Waals surface area contributed by atoms with Crippen LogP contribution in [0.4, 0.5) is 11.6 Å². The van der Waals surface area contributed by atoms with E-state index in [9.17, 15) is 0 Å². The van der Waals surface area contributed by atoms with Crippen LogP contribution in [0.5, 0.6) is 0 Å². The summed E-state index contributed by atoms with van der Waals surface area (Å²) >= 11 is 9.40. The maximum absolute atomic E-state index is 6.06. The van der Waals surface area contributed by atoms with Gasteiger partial charge in [-0.05, 0) is 22.0 Å². The molecule has 0 aliphatic heterocycles. The zero-order valence-corrected chi connectivity index (χ0v) is 10.2. The van der Waals surface area contributed by atoms with Gasteiger partial charge in [0, 0.05) is 23.8 Å². The topological polar surface area (TPSA) is 42.7 Å². The monoisotopic (exact) mass is 286 g/mol. The van der Waals surface area contributed by atoms with Crippen LogP contribution in [0.1, 0.15) is 0 Å². The Morgan fingerprint density at radius 1 is 1.40 bits per heavy atom. The Balaban J connectivity index is 2.33. The van der Waals surface area contributed by atoms with Gasteiger partial charge in [-0.25, -0.2) is 4.98 Å². The third-order valence-electron chi connectivity index (χ3n) is 1.91. The van der Waals surface area contributed by atoms with E-state index in [0.717, 1.165) is 10.3 Å². The number of pyridine rings is 1. The Hall–Kier alpha value is -1.07. The summed E-state index contributed by atoms with van der Waals surface area (Å²) in [6, 6.07) is 3.63. The standard InChI is InChI=1S/C9H8BrClN4/c1-15-7(3-5-13-15)14-9-8(11)6(10)2-4-12-9/h2-5H,1H3,(H,12,14). The average Bonchev–Trinajstić information content (AvgIpc) is 2.60. The van der Waals surface area contributed by atoms with Gasteiger partial charge >= 0.3 is 0 Å². The van der Waals surface area contributed by atoms with Crippen molar-refractivity contribution in [3.63, 3.8) is 0 Å². The van der Waals surface area contributed by atoms with Crippen molar-refractivity contribution in [2.24, 2.45) is 7.05 Å². The van der Waals surface area contributed by atoms with Gasteiger partial charge in [-0.3, -0.25) is 4.68 Å². The number of nitrogens with zero attached hydrogens (tertiary/aromatic N) is 3. The van der Waals surface area contributed by atoms with Crippen molar-refractivity contribution >= 4 is 39.2 Å². The minimum Gasteiger partial charge on any atom is -0.324 e. The van der Waals surface area contributed by atoms with Crippen molar-refractivity contribution in [2.45, 2.75) is 0 Å². The summed E-state index contributed by atoms with van der Waals surface area (Å²) < 4.78 is 2.52. The van der Waals surface area contributed by atoms with E-state index < -0.39 is 0 Å². The SMILES string of the molecule is Cn1nccc1Nc1nccc(Br)c1Cl. The second-order valence-corrected chi connectivity index (χ2v) is 4.15. The Morgan fingerprint density at radius 3 is 2.87 bits per heavy atom. The van der Waals surface area contributed by atoms with E-state index >= 15 is 0 Å². The maximum Gasteiger partial charge on any atom is 0.151 e. The van der Waals surface area contributed by atoms with E-state index in [0.29, 0.717) is 10.8 Å². The molecular weight excluding hydrogens is 279 g/mol. The van der Waals surface area contributed by atoms with Gasteiger partial charge in [0.1, 0.15) is 5.82 Å². The number of hydrogen-bond acceptors (Lipinski definition) is 3. The molecule has 0 aliphatic rings. The van der Waals surface area contributed by atoms with E-state index in [2.05, 4.69) is 31.3 Å². The van der Waals surface area contributed by atoms with Crippen LogP contribution < -0.4 is 5.32 Å². The molecule has 0 atom stereocenters. The van der Waals surface area contributed by atoms with Crippen LogP contribution in [0.2, 0.25) is 5.02 Å². The fourth-order valence-electron chi connectivity index (χ4n) is 1.13. The predicted octanol–water partition coefficient (Wildman–Crippen LogP) is 2.97. The normalized spacial score (nSPS) is 10.3. The number of halogens is 2. The molecule has 0 saturated carbocycles. The highest BCUT2D eigenvalue weighted by molar-refractivity contribution is 9.10. The van der Waals surface area contributed by atoms with E-state index in [-0.39, 0.29) is 0 Å². The number of aryl methyl sites for hydroxylation is 1. The summed E-state index contributed by atoms with van der Waals surface area (Å²) in [5, 5.41) is 7.68. The molecule has 0 spiro atoms. The van der Waals surface area contributed by atoms with E-state index in [1.165, 1.54) is 0 Å². The van der Waals surface area contributed by atoms with Gasteiger partial charge < -0.3 is 5.32 Å². The van der Waals surface area contributed by atoms with E-state index in [4.69, 9.17) is 11.6 Å². The molecule has 2 heterocycles. The molecule has 4 nitrogen and oxygen atoms in total. The molecule has 0 radical (unpaired) electrons. The second-order valence-electron chi connectivity index (χ2n) is 2.92. The van der Waals surface area contributed by atoms with Crippen LogP contribution in [0.25, 0.3) is 0 Å². The quantitative estimate of drug-likeness (QED) is 0.923. The Kier molecular flexibility index (Phi) is 2.93. The minimum atomic E-state index is 0.554. The maximum atomic E-state index is 6.06. The van der Waals surface area contributed by atoms with Gasteiger partial charge in [-0.2, -0.15) is 5.10 Å². The van der Waals surface area contributed by atoms with E-state index in [1.807, 2.05) is 13.1 Å². The summed E-state index contributed by atoms with van der Waals surface area (Å²) in [7, 11) is 1.84. The van der Waals surface area contributed by atoms with Crippen LogP contribution in [0, 0.1) is 0 Å². The Morgan fingerprint density at radius 2 is 2.20 bits per heavy atom. The molecular formula is C9H8BrClN4. The lowest BCUT2D eigenvalue weighted by atomic mass is 10.4. The van der Waals surface area contributed by atoms with Crippen LogP contribution in [0.3, 0.4) is 0 Å². The first-order valence-corrected chi connectivity index (χ1v) is 5.40. The average molecular weight is 288 g/mol. The molecule has 0 aromatic carbocycles. The molecule has 78 valence electrons. The molecule has 0 aliphatic carbocycles. The van der Waals surface area contributed by atoms with Gasteiger partial charge in [0.25, 0.3) is 0 Å². The first-order valence-electron chi connectivity index (χ1n) is 4.23. The number of rotatable bonds is 2. The molecule has 1 N–H and O–H groups in total. The molecule has 2 aromatic rings. The number of anilines is 2. The number of aromatic nitrogens is 3. The third kappa shape index (κ3) is 2.13. The smallest absolute Gasteiger partial charge is 0.151 e. The minimum absolute atomic E-state index is 0.554. The van der Waals surface area contributed by atoms with Crippen LogP contribution >= 0.6 is 27.5 Å². The third-order valence-corrected chi connectivity index (χ3v) is 3.18. The Labute approximate surface area is 100 Å². The van der Waals surface area contributed by atoms with Crippen molar-refractivity contribution in [1.82, 2.24) is 14.8 Å². The molecule has 6 heteroatoms. The van der Waals surface area contributed by atoms with Crippen LogP contribution in [-0.2, 0) is 7.05 Å². The molecule has 0 saturated heterocycles.